The van der Waals surface area contributed by atoms with Gasteiger partial charge >= 0.3 is 0 Å². The fourth-order valence-electron chi connectivity index (χ4n) is 2.10. The Morgan fingerprint density at radius 3 is 2.61 bits per heavy atom. The fraction of sp³-hybridized carbons (Fsp3) is 0.333. The minimum absolute atomic E-state index is 0.391. The molecule has 1 heterocycles. The van der Waals surface area contributed by atoms with E-state index < -0.39 is 0 Å². The normalized spacial score (nSPS) is 12.7. The average Bonchev–Trinajstić information content (AvgIpc) is 2.77. The molecule has 2 aromatic rings. The third-order valence-corrected chi connectivity index (χ3v) is 4.95. The predicted octanol–water partition coefficient (Wildman–Crippen LogP) is 4.63. The van der Waals surface area contributed by atoms with Crippen molar-refractivity contribution in [3.63, 3.8) is 0 Å². The van der Waals surface area contributed by atoms with E-state index in [-0.39, 0.29) is 0 Å². The number of thiophene rings is 1. The van der Waals surface area contributed by atoms with Crippen LogP contribution in [0.5, 0.6) is 0 Å². The van der Waals surface area contributed by atoms with Crippen LogP contribution in [-0.2, 0) is 6.42 Å². The summed E-state index contributed by atoms with van der Waals surface area (Å²) in [6.07, 6.45) is 1.04. The number of aryl methyl sites for hydroxylation is 2. The maximum atomic E-state index is 3.53. The fourth-order valence-corrected chi connectivity index (χ4v) is 3.63. The molecular weight excluding hydrogens is 306 g/mol. The van der Waals surface area contributed by atoms with Gasteiger partial charge in [-0.1, -0.05) is 23.8 Å². The highest BCUT2D eigenvalue weighted by molar-refractivity contribution is 9.11. The molecule has 0 saturated heterocycles. The maximum Gasteiger partial charge on any atom is 0.0701 e. The first-order chi connectivity index (χ1) is 8.60. The SMILES string of the molecule is CNC(Cc1cc(C)ccc1C)c1ccc(Br)s1. The van der Waals surface area contributed by atoms with Crippen molar-refractivity contribution in [3.8, 4) is 0 Å². The molecule has 0 fully saturated rings. The average molecular weight is 324 g/mol. The molecule has 1 N–H and O–H groups in total. The molecule has 1 aromatic heterocycles. The van der Waals surface area contributed by atoms with Gasteiger partial charge in [0.25, 0.3) is 0 Å². The lowest BCUT2D eigenvalue weighted by molar-refractivity contribution is 0.600. The highest BCUT2D eigenvalue weighted by Crippen LogP contribution is 2.29. The zero-order valence-corrected chi connectivity index (χ0v) is 13.4. The van der Waals surface area contributed by atoms with E-state index in [4.69, 9.17) is 0 Å². The minimum Gasteiger partial charge on any atom is -0.312 e. The lowest BCUT2D eigenvalue weighted by Gasteiger charge is -2.16. The number of nitrogens with one attached hydrogen (secondary N) is 1. The summed E-state index contributed by atoms with van der Waals surface area (Å²) in [7, 11) is 2.03. The standard InChI is InChI=1S/C15H18BrNS/c1-10-4-5-11(2)12(8-10)9-13(17-3)14-6-7-15(16)18-14/h4-8,13,17H,9H2,1-3H3. The predicted molar refractivity (Wildman–Crippen MR) is 83.4 cm³/mol. The van der Waals surface area contributed by atoms with E-state index >= 15 is 0 Å². The highest BCUT2D eigenvalue weighted by Gasteiger charge is 2.13. The number of likely N-dealkylation sites (N-methyl/N-ethyl adjacent to an activating group) is 1. The molecule has 3 heteroatoms. The molecule has 18 heavy (non-hydrogen) atoms. The van der Waals surface area contributed by atoms with Gasteiger partial charge in [0.1, 0.15) is 0 Å². The lowest BCUT2D eigenvalue weighted by atomic mass is 9.98. The van der Waals surface area contributed by atoms with E-state index in [9.17, 15) is 0 Å². The molecule has 1 unspecified atom stereocenters. The van der Waals surface area contributed by atoms with Crippen LogP contribution in [0.3, 0.4) is 0 Å². The number of hydrogen-bond donors (Lipinski definition) is 1. The third kappa shape index (κ3) is 3.22. The topological polar surface area (TPSA) is 12.0 Å². The van der Waals surface area contributed by atoms with Crippen LogP contribution < -0.4 is 5.32 Å². The van der Waals surface area contributed by atoms with Gasteiger partial charge in [-0.15, -0.1) is 11.3 Å². The molecular formula is C15H18BrNS. The molecule has 1 atom stereocenters. The number of benzene rings is 1. The van der Waals surface area contributed by atoms with Gasteiger partial charge < -0.3 is 5.32 Å². The van der Waals surface area contributed by atoms with Gasteiger partial charge in [-0.3, -0.25) is 0 Å². The van der Waals surface area contributed by atoms with Crippen molar-refractivity contribution in [1.29, 1.82) is 0 Å². The summed E-state index contributed by atoms with van der Waals surface area (Å²) in [6, 6.07) is 11.4. The second-order valence-electron chi connectivity index (χ2n) is 4.62. The lowest BCUT2D eigenvalue weighted by Crippen LogP contribution is -2.18. The largest absolute Gasteiger partial charge is 0.312 e. The summed E-state index contributed by atoms with van der Waals surface area (Å²) in [4.78, 5) is 1.38. The zero-order valence-electron chi connectivity index (χ0n) is 11.0. The zero-order chi connectivity index (χ0) is 13.1. The van der Waals surface area contributed by atoms with Crippen LogP contribution in [0.25, 0.3) is 0 Å². The van der Waals surface area contributed by atoms with E-state index in [1.54, 1.807) is 11.3 Å². The van der Waals surface area contributed by atoms with E-state index in [1.165, 1.54) is 25.4 Å². The Kier molecular flexibility index (Phi) is 4.60. The van der Waals surface area contributed by atoms with Gasteiger partial charge in [-0.2, -0.15) is 0 Å². The molecule has 96 valence electrons. The third-order valence-electron chi connectivity index (χ3n) is 3.21. The Balaban J connectivity index is 2.22. The molecule has 0 aliphatic carbocycles. The Morgan fingerprint density at radius 2 is 2.00 bits per heavy atom. The van der Waals surface area contributed by atoms with Crippen LogP contribution >= 0.6 is 27.3 Å². The second-order valence-corrected chi connectivity index (χ2v) is 7.11. The van der Waals surface area contributed by atoms with E-state index in [1.807, 2.05) is 7.05 Å². The summed E-state index contributed by atoms with van der Waals surface area (Å²) in [5, 5.41) is 3.42. The molecule has 1 aromatic carbocycles. The summed E-state index contributed by atoms with van der Waals surface area (Å²) < 4.78 is 1.19. The van der Waals surface area contributed by atoms with E-state index in [0.29, 0.717) is 6.04 Å². The van der Waals surface area contributed by atoms with Crippen molar-refractivity contribution < 1.29 is 0 Å². The van der Waals surface area contributed by atoms with Gasteiger partial charge in [0.2, 0.25) is 0 Å². The van der Waals surface area contributed by atoms with Crippen LogP contribution in [0, 0.1) is 13.8 Å². The number of halogens is 1. The monoisotopic (exact) mass is 323 g/mol. The molecule has 0 aliphatic heterocycles. The van der Waals surface area contributed by atoms with E-state index in [0.717, 1.165) is 6.42 Å². The van der Waals surface area contributed by atoms with Crippen LogP contribution in [0.2, 0.25) is 0 Å². The number of rotatable bonds is 4. The van der Waals surface area contributed by atoms with Crippen LogP contribution in [0.1, 0.15) is 27.6 Å². The Labute approximate surface area is 121 Å². The molecule has 0 aliphatic rings. The van der Waals surface area contributed by atoms with Gasteiger partial charge in [0.15, 0.2) is 0 Å². The van der Waals surface area contributed by atoms with Gasteiger partial charge in [0.05, 0.1) is 3.79 Å². The molecule has 0 radical (unpaired) electrons. The summed E-state index contributed by atoms with van der Waals surface area (Å²) in [5.41, 5.74) is 4.13. The summed E-state index contributed by atoms with van der Waals surface area (Å²) in [6.45, 7) is 4.34. The van der Waals surface area contributed by atoms with Crippen molar-refractivity contribution in [2.45, 2.75) is 26.3 Å². The Morgan fingerprint density at radius 1 is 1.22 bits per heavy atom. The molecule has 1 nitrogen and oxygen atoms in total. The molecule has 0 spiro atoms. The van der Waals surface area contributed by atoms with Crippen molar-refractivity contribution in [3.05, 3.63) is 55.7 Å². The van der Waals surface area contributed by atoms with Crippen molar-refractivity contribution in [2.75, 3.05) is 7.05 Å². The van der Waals surface area contributed by atoms with Crippen molar-refractivity contribution >= 4 is 27.3 Å². The summed E-state index contributed by atoms with van der Waals surface area (Å²) in [5.74, 6) is 0. The smallest absolute Gasteiger partial charge is 0.0701 e. The maximum absolute atomic E-state index is 3.53. The van der Waals surface area contributed by atoms with Crippen LogP contribution in [0.15, 0.2) is 34.1 Å². The Hall–Kier alpha value is -0.640. The number of hydrogen-bond acceptors (Lipinski definition) is 2. The van der Waals surface area contributed by atoms with Gasteiger partial charge in [0, 0.05) is 10.9 Å². The highest BCUT2D eigenvalue weighted by atomic mass is 79.9. The molecule has 0 saturated carbocycles. The molecule has 0 bridgehead atoms. The first kappa shape index (κ1) is 13.8. The Bertz CT molecular complexity index is 533. The van der Waals surface area contributed by atoms with Crippen molar-refractivity contribution in [1.82, 2.24) is 5.32 Å². The second kappa shape index (κ2) is 6.00. The van der Waals surface area contributed by atoms with Gasteiger partial charge in [-0.05, 0) is 66.5 Å². The minimum atomic E-state index is 0.391. The van der Waals surface area contributed by atoms with Crippen LogP contribution in [0.4, 0.5) is 0 Å². The molecule has 0 amide bonds. The first-order valence-electron chi connectivity index (χ1n) is 6.09. The van der Waals surface area contributed by atoms with Gasteiger partial charge in [-0.25, -0.2) is 0 Å². The first-order valence-corrected chi connectivity index (χ1v) is 7.69. The van der Waals surface area contributed by atoms with E-state index in [2.05, 4.69) is 65.4 Å². The summed E-state index contributed by atoms with van der Waals surface area (Å²) >= 11 is 5.34. The molecule has 2 rings (SSSR count). The van der Waals surface area contributed by atoms with Crippen molar-refractivity contribution in [2.24, 2.45) is 0 Å². The quantitative estimate of drug-likeness (QED) is 0.864. The van der Waals surface area contributed by atoms with Crippen LogP contribution in [-0.4, -0.2) is 7.05 Å².